The number of nitrogens with two attached hydrogens (primary N) is 1. The van der Waals surface area contributed by atoms with Crippen LogP contribution in [0.1, 0.15) is 114 Å². The van der Waals surface area contributed by atoms with E-state index < -0.39 is 18.1 Å². The van der Waals surface area contributed by atoms with E-state index in [2.05, 4.69) is 45.3 Å². The molecule has 0 radical (unpaired) electrons. The monoisotopic (exact) mass is 1090 g/mol. The zero-order chi connectivity index (χ0) is 54.0. The molecule has 5 N–H and O–H groups in total. The molecule has 2 amide bonds. The van der Waals surface area contributed by atoms with E-state index in [0.717, 1.165) is 150 Å². The van der Waals surface area contributed by atoms with Gasteiger partial charge in [0.1, 0.15) is 17.7 Å². The number of nitrogen functional groups attached to an aromatic ring is 1. The number of phenolic OH excluding ortho intramolecular Hbond substituents is 1. The number of benzene rings is 2. The highest BCUT2D eigenvalue weighted by molar-refractivity contribution is 7.13. The smallest absolute Gasteiger partial charge is 0.243 e. The Labute approximate surface area is 462 Å². The van der Waals surface area contributed by atoms with Gasteiger partial charge in [0.25, 0.3) is 0 Å². The fourth-order valence-electron chi connectivity index (χ4n) is 13.0. The maximum Gasteiger partial charge on any atom is 0.243 e. The molecule has 18 nitrogen and oxygen atoms in total. The van der Waals surface area contributed by atoms with Crippen molar-refractivity contribution in [2.45, 2.75) is 146 Å². The van der Waals surface area contributed by atoms with E-state index in [9.17, 15) is 19.8 Å². The number of ether oxygens (including phenoxy) is 2. The Kier molecular flexibility index (Phi) is 16.7. The molecular formula is C59H79N11O7S. The molecule has 2 aromatic carbocycles. The zero-order valence-electron chi connectivity index (χ0n) is 45.8. The summed E-state index contributed by atoms with van der Waals surface area (Å²) >= 11 is 1.60. The van der Waals surface area contributed by atoms with Crippen molar-refractivity contribution in [2.24, 2.45) is 11.8 Å². The number of nitrogens with one attached hydrogen (secondary N) is 1. The summed E-state index contributed by atoms with van der Waals surface area (Å²) in [4.78, 5) is 45.1. The van der Waals surface area contributed by atoms with Crippen LogP contribution in [0, 0.1) is 18.8 Å². The summed E-state index contributed by atoms with van der Waals surface area (Å²) in [5.41, 5.74) is 13.3. The van der Waals surface area contributed by atoms with Gasteiger partial charge in [-0.1, -0.05) is 55.4 Å². The number of thiazole rings is 1. The van der Waals surface area contributed by atoms with Crippen molar-refractivity contribution in [3.63, 3.8) is 0 Å². The van der Waals surface area contributed by atoms with E-state index in [4.69, 9.17) is 19.7 Å². The number of β-amino-alcohol motifs (C(OH)–C–C–N with tert-alkyl or cyclic N) is 1. The zero-order valence-corrected chi connectivity index (χ0v) is 46.6. The molecule has 78 heavy (non-hydrogen) atoms. The molecule has 0 unspecified atom stereocenters. The topological polar surface area (TPSA) is 212 Å². The first-order valence-electron chi connectivity index (χ1n) is 28.7. The Morgan fingerprint density at radius 1 is 0.821 bits per heavy atom. The molecule has 5 aromatic rings. The number of para-hydroxylation sites is 1. The molecule has 1 aliphatic carbocycles. The van der Waals surface area contributed by atoms with Gasteiger partial charge in [-0.3, -0.25) is 14.5 Å². The molecular weight excluding hydrogens is 1010 g/mol. The number of phenols is 1. The molecule has 418 valence electrons. The minimum absolute atomic E-state index is 0.0916. The van der Waals surface area contributed by atoms with Crippen LogP contribution < -0.4 is 20.9 Å². The van der Waals surface area contributed by atoms with Crippen molar-refractivity contribution in [2.75, 3.05) is 81.0 Å². The molecule has 19 heteroatoms. The van der Waals surface area contributed by atoms with Crippen molar-refractivity contribution >= 4 is 40.5 Å². The summed E-state index contributed by atoms with van der Waals surface area (Å²) in [6.45, 7) is 16.8. The number of aliphatic hydroxyl groups excluding tert-OH is 1. The van der Waals surface area contributed by atoms with Crippen LogP contribution in [0.4, 0.5) is 17.3 Å². The van der Waals surface area contributed by atoms with Crippen LogP contribution >= 0.6 is 11.3 Å². The summed E-state index contributed by atoms with van der Waals surface area (Å²) in [6.07, 6.45) is 10.1. The number of carbonyl (C=O) groups excluding carboxylic acids is 2. The molecule has 6 aliphatic rings. The predicted octanol–water partition coefficient (Wildman–Crippen LogP) is 7.42. The molecule has 5 saturated heterocycles. The maximum atomic E-state index is 14.4. The number of carbonyl (C=O) groups is 2. The number of aliphatic hydroxyl groups is 1. The highest BCUT2D eigenvalue weighted by Crippen LogP contribution is 2.38. The minimum atomic E-state index is -0.796. The van der Waals surface area contributed by atoms with Gasteiger partial charge in [-0.2, -0.15) is 0 Å². The molecule has 6 fully saturated rings. The Balaban J connectivity index is 0.573. The van der Waals surface area contributed by atoms with Crippen molar-refractivity contribution in [3.05, 3.63) is 83.2 Å². The van der Waals surface area contributed by atoms with Gasteiger partial charge < -0.3 is 54.9 Å². The molecule has 0 bridgehead atoms. The number of likely N-dealkylation sites (tertiary alicyclic amines) is 3. The summed E-state index contributed by atoms with van der Waals surface area (Å²) in [5, 5.41) is 37.2. The van der Waals surface area contributed by atoms with Crippen LogP contribution in [0.25, 0.3) is 21.7 Å². The Morgan fingerprint density at radius 2 is 1.51 bits per heavy atom. The van der Waals surface area contributed by atoms with Crippen molar-refractivity contribution in [1.29, 1.82) is 0 Å². The minimum Gasteiger partial charge on any atom is -0.507 e. The number of aryl methyl sites for hydroxylation is 1. The lowest BCUT2D eigenvalue weighted by Gasteiger charge is -2.47. The predicted molar refractivity (Wildman–Crippen MR) is 301 cm³/mol. The molecule has 1 saturated carbocycles. The quantitative estimate of drug-likeness (QED) is 0.0714. The number of anilines is 3. The third-order valence-electron chi connectivity index (χ3n) is 17.7. The van der Waals surface area contributed by atoms with E-state index >= 15 is 0 Å². The van der Waals surface area contributed by atoms with E-state index in [0.29, 0.717) is 47.0 Å². The maximum absolute atomic E-state index is 14.4. The van der Waals surface area contributed by atoms with Crippen LogP contribution in [0.15, 0.2) is 70.7 Å². The van der Waals surface area contributed by atoms with Gasteiger partial charge in [0.05, 0.1) is 64.0 Å². The highest BCUT2D eigenvalue weighted by atomic mass is 32.1. The lowest BCUT2D eigenvalue weighted by molar-refractivity contribution is -0.141. The Morgan fingerprint density at radius 3 is 2.22 bits per heavy atom. The van der Waals surface area contributed by atoms with Crippen LogP contribution in [-0.2, 0) is 19.1 Å². The highest BCUT2D eigenvalue weighted by Gasteiger charge is 2.44. The second kappa shape index (κ2) is 23.9. The third-order valence-corrected chi connectivity index (χ3v) is 18.7. The first-order valence-corrected chi connectivity index (χ1v) is 29.6. The summed E-state index contributed by atoms with van der Waals surface area (Å²) < 4.78 is 19.3. The number of aromatic nitrogens is 4. The number of nitrogens with zero attached hydrogens (tertiary/aromatic N) is 9. The van der Waals surface area contributed by atoms with Crippen molar-refractivity contribution < 1.29 is 33.8 Å². The lowest BCUT2D eigenvalue weighted by Crippen LogP contribution is -2.53. The standard InChI is InChI=1S/C59H79N11O7S/c1-36(2)55(59(74)70-33-43(71)29-51(70)58(73)62-37(3)40-9-11-41(12-10-40)56-38(4)61-35-78-56)53-31-54(65-77-53)68-22-13-39(14-23-68)32-66-20-15-44(16-21-66)76-47-27-42(28-47)67-24-17-45(18-25-67)75-46-19-26-69(34-46)50-30-49(63-64-57(50)60)48-7-5-6-8-52(48)72/h5-12,30-31,35-37,39,42-47,51,55,71-72H,13-29,32-34H2,1-4H3,(H2,60,64)(H,62,73)/t37-,42-,43+,46-,47-,51-,55+/m0/s1. The van der Waals surface area contributed by atoms with Gasteiger partial charge in [0.15, 0.2) is 17.4 Å². The number of aromatic hydroxyl groups is 1. The molecule has 11 rings (SSSR count). The van der Waals surface area contributed by atoms with Gasteiger partial charge in [-0.05, 0) is 113 Å². The average molecular weight is 1090 g/mol. The number of piperidine rings is 3. The SMILES string of the molecule is Cc1ncsc1-c1ccc([C@H](C)NC(=O)[C@@H]2C[C@@H](O)CN2C(=O)[C@@H](c2cc(N3CCC(CN4CCC(O[C@H]5C[C@H](N6CCC(O[C@H]7CCN(c8cc(-c9ccccc9O)nnc8N)C7)CC6)C5)CC4)CC3)no2)C(C)C)cc1. The first-order chi connectivity index (χ1) is 37.8. The van der Waals surface area contributed by atoms with E-state index in [1.165, 1.54) is 0 Å². The van der Waals surface area contributed by atoms with Gasteiger partial charge in [0, 0.05) is 89.5 Å². The molecule has 5 atom stereocenters. The summed E-state index contributed by atoms with van der Waals surface area (Å²) in [5.74, 6) is 1.15. The lowest BCUT2D eigenvalue weighted by atomic mass is 9.86. The first kappa shape index (κ1) is 54.3. The number of hydrogen-bond donors (Lipinski definition) is 4. The van der Waals surface area contributed by atoms with Crippen molar-refractivity contribution in [3.8, 4) is 27.4 Å². The number of amides is 2. The van der Waals surface area contributed by atoms with Gasteiger partial charge >= 0.3 is 0 Å². The molecule has 3 aromatic heterocycles. The largest absolute Gasteiger partial charge is 0.507 e. The van der Waals surface area contributed by atoms with Crippen LogP contribution in [-0.4, -0.2) is 165 Å². The van der Waals surface area contributed by atoms with Gasteiger partial charge in [-0.15, -0.1) is 21.5 Å². The second-order valence-electron chi connectivity index (χ2n) is 23.4. The van der Waals surface area contributed by atoms with Gasteiger partial charge in [-0.25, -0.2) is 4.98 Å². The summed E-state index contributed by atoms with van der Waals surface area (Å²) in [6, 6.07) is 18.6. The fraction of sp³-hybridized carbons (Fsp3) is 0.593. The van der Waals surface area contributed by atoms with E-state index in [1.807, 2.05) is 81.7 Å². The van der Waals surface area contributed by atoms with Gasteiger partial charge in [0.2, 0.25) is 11.8 Å². The second-order valence-corrected chi connectivity index (χ2v) is 24.2. The average Bonchev–Trinajstić information content (AvgIpc) is 4.31. The molecule has 8 heterocycles. The fourth-order valence-corrected chi connectivity index (χ4v) is 13.8. The van der Waals surface area contributed by atoms with E-state index in [1.54, 1.807) is 28.4 Å². The molecule has 0 spiro atoms. The number of hydrogen-bond acceptors (Lipinski definition) is 17. The third kappa shape index (κ3) is 12.2. The number of rotatable bonds is 17. The van der Waals surface area contributed by atoms with Crippen LogP contribution in [0.3, 0.4) is 0 Å². The van der Waals surface area contributed by atoms with Crippen LogP contribution in [0.2, 0.25) is 0 Å². The normalized spacial score (nSPS) is 24.9. The summed E-state index contributed by atoms with van der Waals surface area (Å²) in [7, 11) is 0. The Hall–Kier alpha value is -5.70. The van der Waals surface area contributed by atoms with Crippen LogP contribution in [0.5, 0.6) is 5.75 Å². The molecule has 5 aliphatic heterocycles. The van der Waals surface area contributed by atoms with Crippen molar-refractivity contribution in [1.82, 2.24) is 40.4 Å². The van der Waals surface area contributed by atoms with E-state index in [-0.39, 0.29) is 54.7 Å². The Bertz CT molecular complexity index is 2820.